The molecule has 0 rings (SSSR count). The molecular weight excluding hydrogens is 220 g/mol. The summed E-state index contributed by atoms with van der Waals surface area (Å²) in [5.74, 6) is -3.24. The lowest BCUT2D eigenvalue weighted by molar-refractivity contribution is -0.149. The van der Waals surface area contributed by atoms with Gasteiger partial charge in [0.05, 0.1) is 0 Å². The highest BCUT2D eigenvalue weighted by atomic mass is 16.5. The maximum Gasteiger partial charge on any atom is 0.324 e. The molecule has 0 fully saturated rings. The molecule has 0 spiro atoms. The van der Waals surface area contributed by atoms with Gasteiger partial charge in [-0.25, -0.2) is 0 Å². The molecule has 0 unspecified atom stereocenters. The third-order valence-electron chi connectivity index (χ3n) is 1.69. The zero-order valence-corrected chi connectivity index (χ0v) is 8.46. The Morgan fingerprint density at radius 1 is 1.12 bits per heavy atom. The number of esters is 1. The number of ether oxygens (including phenoxy) is 1. The largest absolute Gasteiger partial charge is 0.481 e. The first-order chi connectivity index (χ1) is 7.34. The average Bonchev–Trinajstić information content (AvgIpc) is 2.21. The quantitative estimate of drug-likeness (QED) is 0.374. The van der Waals surface area contributed by atoms with Gasteiger partial charge >= 0.3 is 17.9 Å². The molecule has 2 atom stereocenters. The molecule has 0 heterocycles. The van der Waals surface area contributed by atoms with Crippen LogP contribution >= 0.6 is 0 Å². The fourth-order valence-corrected chi connectivity index (χ4v) is 0.747. The summed E-state index contributed by atoms with van der Waals surface area (Å²) in [4.78, 5) is 31.5. The number of nitrogens with two attached hydrogens (primary N) is 2. The topological polar surface area (TPSA) is 153 Å². The van der Waals surface area contributed by atoms with Crippen LogP contribution < -0.4 is 11.5 Å². The zero-order valence-electron chi connectivity index (χ0n) is 8.46. The van der Waals surface area contributed by atoms with Gasteiger partial charge in [0, 0.05) is 6.42 Å². The Hall–Kier alpha value is -1.67. The van der Waals surface area contributed by atoms with Crippen LogP contribution in [0.15, 0.2) is 0 Å². The maximum absolute atomic E-state index is 11.1. The number of hydrogen-bond donors (Lipinski definition) is 4. The highest BCUT2D eigenvalue weighted by Crippen LogP contribution is 1.97. The molecule has 0 aromatic carbocycles. The second-order valence-electron chi connectivity index (χ2n) is 3.11. The predicted molar refractivity (Wildman–Crippen MR) is 51.4 cm³/mol. The number of rotatable bonds is 7. The van der Waals surface area contributed by atoms with Crippen molar-refractivity contribution in [2.75, 3.05) is 6.61 Å². The fraction of sp³-hybridized carbons (Fsp3) is 0.625. The van der Waals surface area contributed by atoms with Gasteiger partial charge in [0.2, 0.25) is 0 Å². The van der Waals surface area contributed by atoms with E-state index in [-0.39, 0.29) is 12.8 Å². The second kappa shape index (κ2) is 6.75. The highest BCUT2D eigenvalue weighted by molar-refractivity contribution is 5.78. The van der Waals surface area contributed by atoms with E-state index in [0.29, 0.717) is 0 Å². The van der Waals surface area contributed by atoms with Crippen molar-refractivity contribution < 1.29 is 29.3 Å². The zero-order chi connectivity index (χ0) is 12.7. The molecular formula is C8H14N2O6. The summed E-state index contributed by atoms with van der Waals surface area (Å²) in [6.07, 6.45) is -0.336. The van der Waals surface area contributed by atoms with Crippen molar-refractivity contribution in [1.29, 1.82) is 0 Å². The van der Waals surface area contributed by atoms with E-state index in [1.807, 2.05) is 0 Å². The van der Waals surface area contributed by atoms with Gasteiger partial charge in [-0.2, -0.15) is 0 Å². The van der Waals surface area contributed by atoms with Gasteiger partial charge in [-0.15, -0.1) is 0 Å². The van der Waals surface area contributed by atoms with E-state index in [4.69, 9.17) is 21.7 Å². The molecule has 92 valence electrons. The number of carboxylic acid groups (broad SMARTS) is 2. The Morgan fingerprint density at radius 2 is 1.69 bits per heavy atom. The van der Waals surface area contributed by atoms with E-state index in [2.05, 4.69) is 4.74 Å². The van der Waals surface area contributed by atoms with Crippen molar-refractivity contribution in [1.82, 2.24) is 0 Å². The molecule has 8 nitrogen and oxygen atoms in total. The Kier molecular flexibility index (Phi) is 6.04. The molecule has 0 radical (unpaired) electrons. The number of carbonyl (C=O) groups excluding carboxylic acids is 1. The van der Waals surface area contributed by atoms with Crippen LogP contribution in [0.3, 0.4) is 0 Å². The molecule has 0 aliphatic heterocycles. The van der Waals surface area contributed by atoms with Crippen molar-refractivity contribution in [2.45, 2.75) is 24.9 Å². The van der Waals surface area contributed by atoms with Crippen LogP contribution in [0.2, 0.25) is 0 Å². The number of aliphatic carboxylic acids is 2. The number of carboxylic acids is 2. The third-order valence-corrected chi connectivity index (χ3v) is 1.69. The first-order valence-electron chi connectivity index (χ1n) is 4.47. The Morgan fingerprint density at radius 3 is 2.12 bits per heavy atom. The van der Waals surface area contributed by atoms with Crippen LogP contribution in [0.25, 0.3) is 0 Å². The van der Waals surface area contributed by atoms with Gasteiger partial charge in [0.25, 0.3) is 0 Å². The third kappa shape index (κ3) is 5.94. The minimum Gasteiger partial charge on any atom is -0.481 e. The molecule has 0 aromatic rings. The van der Waals surface area contributed by atoms with Crippen LogP contribution in [-0.2, 0) is 19.1 Å². The van der Waals surface area contributed by atoms with Gasteiger partial charge in [-0.1, -0.05) is 0 Å². The van der Waals surface area contributed by atoms with Crippen LogP contribution in [0.5, 0.6) is 0 Å². The lowest BCUT2D eigenvalue weighted by atomic mass is 10.2. The molecule has 0 aromatic heterocycles. The van der Waals surface area contributed by atoms with E-state index in [1.54, 1.807) is 0 Å². The highest BCUT2D eigenvalue weighted by Gasteiger charge is 2.19. The van der Waals surface area contributed by atoms with Gasteiger partial charge in [-0.3, -0.25) is 14.4 Å². The normalized spacial score (nSPS) is 13.9. The molecule has 0 amide bonds. The molecule has 0 saturated heterocycles. The van der Waals surface area contributed by atoms with E-state index in [9.17, 15) is 14.4 Å². The van der Waals surface area contributed by atoms with E-state index < -0.39 is 36.6 Å². The fourth-order valence-electron chi connectivity index (χ4n) is 0.747. The molecule has 8 heteroatoms. The van der Waals surface area contributed by atoms with E-state index in [0.717, 1.165) is 0 Å². The van der Waals surface area contributed by atoms with Crippen LogP contribution in [0.1, 0.15) is 12.8 Å². The Bertz CT molecular complexity index is 280. The van der Waals surface area contributed by atoms with Crippen molar-refractivity contribution in [3.8, 4) is 0 Å². The summed E-state index contributed by atoms with van der Waals surface area (Å²) in [7, 11) is 0. The van der Waals surface area contributed by atoms with Crippen molar-refractivity contribution >= 4 is 17.9 Å². The van der Waals surface area contributed by atoms with Crippen LogP contribution in [0, 0.1) is 0 Å². The van der Waals surface area contributed by atoms with Crippen molar-refractivity contribution in [3.63, 3.8) is 0 Å². The Labute approximate surface area is 91.2 Å². The molecule has 0 bridgehead atoms. The molecule has 6 N–H and O–H groups in total. The summed E-state index contributed by atoms with van der Waals surface area (Å²) in [6.45, 7) is -0.491. The minimum atomic E-state index is -1.31. The summed E-state index contributed by atoms with van der Waals surface area (Å²) in [5, 5.41) is 16.7. The van der Waals surface area contributed by atoms with Gasteiger partial charge in [0.1, 0.15) is 18.7 Å². The van der Waals surface area contributed by atoms with E-state index in [1.165, 1.54) is 0 Å². The van der Waals surface area contributed by atoms with Crippen molar-refractivity contribution in [2.24, 2.45) is 11.5 Å². The first-order valence-corrected chi connectivity index (χ1v) is 4.47. The lowest BCUT2D eigenvalue weighted by Crippen LogP contribution is -2.39. The smallest absolute Gasteiger partial charge is 0.324 e. The van der Waals surface area contributed by atoms with E-state index >= 15 is 0 Å². The molecule has 0 aliphatic carbocycles. The first kappa shape index (κ1) is 14.3. The maximum atomic E-state index is 11.1. The number of carbonyl (C=O) groups is 3. The lowest BCUT2D eigenvalue weighted by Gasteiger charge is -2.12. The van der Waals surface area contributed by atoms with Gasteiger partial charge in [0.15, 0.2) is 0 Å². The van der Waals surface area contributed by atoms with Crippen LogP contribution in [-0.4, -0.2) is 46.8 Å². The summed E-state index contributed by atoms with van der Waals surface area (Å²) < 4.78 is 4.50. The summed E-state index contributed by atoms with van der Waals surface area (Å²) in [5.41, 5.74) is 10.4. The summed E-state index contributed by atoms with van der Waals surface area (Å²) >= 11 is 0. The SMILES string of the molecule is N[C@@H](COC(=O)[C@@H](N)CCC(=O)O)C(=O)O. The standard InChI is InChI=1S/C8H14N2O6/c9-4(1-2-6(11)12)8(15)16-3-5(10)7(13)14/h4-5H,1-3,9-10H2,(H,11,12)(H,13,14)/t4-,5-/m0/s1. The monoisotopic (exact) mass is 234 g/mol. The minimum absolute atomic E-state index is 0.0729. The Balaban J connectivity index is 3.87. The molecule has 0 aliphatic rings. The second-order valence-corrected chi connectivity index (χ2v) is 3.11. The average molecular weight is 234 g/mol. The molecule has 16 heavy (non-hydrogen) atoms. The van der Waals surface area contributed by atoms with Gasteiger partial charge < -0.3 is 26.4 Å². The van der Waals surface area contributed by atoms with Crippen LogP contribution in [0.4, 0.5) is 0 Å². The summed E-state index contributed by atoms with van der Waals surface area (Å²) in [6, 6.07) is -2.40. The van der Waals surface area contributed by atoms with Crippen molar-refractivity contribution in [3.05, 3.63) is 0 Å². The predicted octanol–water partition coefficient (Wildman–Crippen LogP) is -1.87. The molecule has 0 saturated carbocycles. The van der Waals surface area contributed by atoms with Gasteiger partial charge in [-0.05, 0) is 6.42 Å². The number of hydrogen-bond acceptors (Lipinski definition) is 6.